The predicted octanol–water partition coefficient (Wildman–Crippen LogP) is 8.67. The fourth-order valence-electron chi connectivity index (χ4n) is 5.82. The quantitative estimate of drug-likeness (QED) is 0.0639. The molecule has 0 fully saturated rings. The summed E-state index contributed by atoms with van der Waals surface area (Å²) in [5.74, 6) is -4.66. The molecule has 4 amide bonds. The van der Waals surface area contributed by atoms with E-state index in [-0.39, 0.29) is 6.42 Å². The lowest BCUT2D eigenvalue weighted by Crippen LogP contribution is -2.61. The van der Waals surface area contributed by atoms with E-state index in [0.717, 1.165) is 25.7 Å². The largest absolute Gasteiger partial charge is 0.326 e. The third-order valence-electron chi connectivity index (χ3n) is 8.40. The molecule has 0 radical (unpaired) electrons. The minimum atomic E-state index is -2.51. The van der Waals surface area contributed by atoms with Crippen molar-refractivity contribution in [3.05, 3.63) is 121 Å². The number of benzene rings is 4. The van der Waals surface area contributed by atoms with Gasteiger partial charge in [0, 0.05) is 22.7 Å². The highest BCUT2D eigenvalue weighted by molar-refractivity contribution is 6.32. The summed E-state index contributed by atoms with van der Waals surface area (Å²) in [6.07, 6.45) is 8.15. The molecule has 0 spiro atoms. The second kappa shape index (κ2) is 18.8. The fourth-order valence-corrected chi connectivity index (χ4v) is 5.82. The van der Waals surface area contributed by atoms with Crippen molar-refractivity contribution in [2.75, 3.05) is 21.3 Å². The van der Waals surface area contributed by atoms with Crippen molar-refractivity contribution in [3.63, 3.8) is 0 Å². The zero-order valence-corrected chi connectivity index (χ0v) is 27.6. The van der Waals surface area contributed by atoms with Crippen LogP contribution in [0.15, 0.2) is 121 Å². The SMILES string of the molecule is CCCCCCCCCCC(C(=O)Nc1ccccc1)C(C(=O)Nc1ccccc1)(C(=O)Nc1ccccc1)C(=O)Nc1ccccc1. The van der Waals surface area contributed by atoms with E-state index >= 15 is 0 Å². The molecule has 0 aliphatic carbocycles. The topological polar surface area (TPSA) is 116 Å². The zero-order valence-electron chi connectivity index (χ0n) is 27.6. The Kier molecular flexibility index (Phi) is 13.9. The first-order chi connectivity index (χ1) is 23.4. The monoisotopic (exact) mass is 646 g/mol. The Morgan fingerprint density at radius 1 is 0.458 bits per heavy atom. The Bertz CT molecular complexity index is 1450. The highest BCUT2D eigenvalue weighted by Gasteiger charge is 2.61. The summed E-state index contributed by atoms with van der Waals surface area (Å²) in [6, 6.07) is 34.7. The number of amides is 4. The van der Waals surface area contributed by atoms with Crippen molar-refractivity contribution in [3.8, 4) is 0 Å². The van der Waals surface area contributed by atoms with Crippen molar-refractivity contribution < 1.29 is 19.2 Å². The molecule has 48 heavy (non-hydrogen) atoms. The molecule has 4 aromatic carbocycles. The molecule has 250 valence electrons. The Morgan fingerprint density at radius 2 is 0.771 bits per heavy atom. The van der Waals surface area contributed by atoms with Gasteiger partial charge in [-0.1, -0.05) is 131 Å². The molecule has 0 aliphatic rings. The number of nitrogens with one attached hydrogen (secondary N) is 4. The van der Waals surface area contributed by atoms with Gasteiger partial charge >= 0.3 is 0 Å². The molecule has 4 aromatic rings. The molecule has 1 atom stereocenters. The van der Waals surface area contributed by atoms with Crippen LogP contribution in [0.3, 0.4) is 0 Å². The van der Waals surface area contributed by atoms with Gasteiger partial charge < -0.3 is 21.3 Å². The second-order valence-corrected chi connectivity index (χ2v) is 11.9. The molecular weight excluding hydrogens is 600 g/mol. The summed E-state index contributed by atoms with van der Waals surface area (Å²) in [6.45, 7) is 2.18. The Morgan fingerprint density at radius 3 is 1.12 bits per heavy atom. The Balaban J connectivity index is 1.79. The van der Waals surface area contributed by atoms with E-state index in [1.165, 1.54) is 19.3 Å². The molecule has 0 saturated carbocycles. The molecule has 0 bridgehead atoms. The predicted molar refractivity (Wildman–Crippen MR) is 193 cm³/mol. The van der Waals surface area contributed by atoms with Crippen LogP contribution in [-0.4, -0.2) is 23.6 Å². The third kappa shape index (κ3) is 9.88. The third-order valence-corrected chi connectivity index (χ3v) is 8.40. The number of carbonyl (C=O) groups excluding carboxylic acids is 4. The molecule has 0 aromatic heterocycles. The van der Waals surface area contributed by atoms with Crippen LogP contribution < -0.4 is 21.3 Å². The van der Waals surface area contributed by atoms with Crippen LogP contribution >= 0.6 is 0 Å². The van der Waals surface area contributed by atoms with Gasteiger partial charge in [0.15, 0.2) is 0 Å². The minimum Gasteiger partial charge on any atom is -0.326 e. The maximum Gasteiger partial charge on any atom is 0.250 e. The molecule has 0 saturated heterocycles. The smallest absolute Gasteiger partial charge is 0.250 e. The number of hydrogen-bond acceptors (Lipinski definition) is 4. The van der Waals surface area contributed by atoms with E-state index in [0.29, 0.717) is 29.2 Å². The van der Waals surface area contributed by atoms with E-state index in [2.05, 4.69) is 28.2 Å². The first kappa shape index (κ1) is 35.6. The van der Waals surface area contributed by atoms with Gasteiger partial charge in [0.25, 0.3) is 17.7 Å². The summed E-state index contributed by atoms with van der Waals surface area (Å²) in [4.78, 5) is 58.6. The number of anilines is 4. The van der Waals surface area contributed by atoms with Gasteiger partial charge in [-0.2, -0.15) is 0 Å². The summed E-state index contributed by atoms with van der Waals surface area (Å²) < 4.78 is 0. The molecule has 0 heterocycles. The van der Waals surface area contributed by atoms with E-state index in [9.17, 15) is 19.2 Å². The van der Waals surface area contributed by atoms with Crippen LogP contribution in [0.4, 0.5) is 22.7 Å². The van der Waals surface area contributed by atoms with E-state index in [4.69, 9.17) is 0 Å². The van der Waals surface area contributed by atoms with Crippen molar-refractivity contribution in [1.82, 2.24) is 0 Å². The van der Waals surface area contributed by atoms with E-state index in [1.54, 1.807) is 115 Å². The fraction of sp³-hybridized carbons (Fsp3) is 0.300. The summed E-state index contributed by atoms with van der Waals surface area (Å²) >= 11 is 0. The maximum absolute atomic E-state index is 14.7. The van der Waals surface area contributed by atoms with Gasteiger partial charge in [-0.25, -0.2) is 0 Å². The first-order valence-corrected chi connectivity index (χ1v) is 16.9. The molecule has 8 heteroatoms. The maximum atomic E-state index is 14.7. The molecule has 4 rings (SSSR count). The van der Waals surface area contributed by atoms with Gasteiger partial charge in [-0.3, -0.25) is 19.2 Å². The number of carbonyl (C=O) groups is 4. The molecule has 8 nitrogen and oxygen atoms in total. The first-order valence-electron chi connectivity index (χ1n) is 16.9. The van der Waals surface area contributed by atoms with Gasteiger partial charge in [0.2, 0.25) is 11.3 Å². The van der Waals surface area contributed by atoms with Crippen LogP contribution in [-0.2, 0) is 19.2 Å². The molecular formula is C40H46N4O4. The van der Waals surface area contributed by atoms with Crippen LogP contribution in [0.25, 0.3) is 0 Å². The molecule has 0 aliphatic heterocycles. The van der Waals surface area contributed by atoms with Gasteiger partial charge in [0.05, 0.1) is 5.92 Å². The van der Waals surface area contributed by atoms with Crippen LogP contribution in [0.2, 0.25) is 0 Å². The molecule has 1 unspecified atom stereocenters. The van der Waals surface area contributed by atoms with Crippen LogP contribution in [0, 0.1) is 11.3 Å². The lowest BCUT2D eigenvalue weighted by molar-refractivity contribution is -0.153. The van der Waals surface area contributed by atoms with E-state index in [1.807, 2.05) is 6.07 Å². The van der Waals surface area contributed by atoms with Crippen molar-refractivity contribution in [1.29, 1.82) is 0 Å². The minimum absolute atomic E-state index is 0.125. The van der Waals surface area contributed by atoms with Crippen molar-refractivity contribution in [2.24, 2.45) is 11.3 Å². The summed E-state index contributed by atoms with van der Waals surface area (Å²) in [5.41, 5.74) is -0.849. The van der Waals surface area contributed by atoms with Gasteiger partial charge in [-0.15, -0.1) is 0 Å². The number of para-hydroxylation sites is 4. The molecule has 4 N–H and O–H groups in total. The van der Waals surface area contributed by atoms with Crippen LogP contribution in [0.5, 0.6) is 0 Å². The van der Waals surface area contributed by atoms with E-state index < -0.39 is 35.0 Å². The Labute approximate surface area is 283 Å². The number of hydrogen-bond donors (Lipinski definition) is 4. The van der Waals surface area contributed by atoms with Crippen LogP contribution in [0.1, 0.15) is 64.7 Å². The Hall–Kier alpha value is -5.24. The highest BCUT2D eigenvalue weighted by atomic mass is 16.2. The number of unbranched alkanes of at least 4 members (excludes halogenated alkanes) is 7. The van der Waals surface area contributed by atoms with Crippen molar-refractivity contribution >= 4 is 46.4 Å². The standard InChI is InChI=1S/C40H46N4O4/c1-2-3-4-5-6-7-8-21-30-35(36(45)41-31-22-13-9-14-23-31)40(37(46)42-32-24-15-10-16-25-32,38(47)43-33-26-17-11-18-27-33)39(48)44-34-28-19-12-20-29-34/h9-20,22-29,35H,2-8,21,30H2,1H3,(H,41,45)(H,42,46)(H,43,47)(H,44,48). The van der Waals surface area contributed by atoms with Gasteiger partial charge in [-0.05, 0) is 55.0 Å². The zero-order chi connectivity index (χ0) is 34.0. The average Bonchev–Trinajstić information content (AvgIpc) is 3.10. The van der Waals surface area contributed by atoms with Crippen molar-refractivity contribution in [2.45, 2.75) is 64.7 Å². The summed E-state index contributed by atoms with van der Waals surface area (Å²) in [5, 5.41) is 11.3. The normalized spacial score (nSPS) is 11.6. The number of rotatable bonds is 18. The van der Waals surface area contributed by atoms with Gasteiger partial charge in [0.1, 0.15) is 0 Å². The lowest BCUT2D eigenvalue weighted by atomic mass is 9.69. The summed E-state index contributed by atoms with van der Waals surface area (Å²) in [7, 11) is 0. The average molecular weight is 647 g/mol. The highest BCUT2D eigenvalue weighted by Crippen LogP contribution is 2.38. The second-order valence-electron chi connectivity index (χ2n) is 11.9. The lowest BCUT2D eigenvalue weighted by Gasteiger charge is -2.36.